The van der Waals surface area contributed by atoms with Gasteiger partial charge in [0.1, 0.15) is 5.75 Å². The zero-order valence-corrected chi connectivity index (χ0v) is 18.4. The molecule has 0 aliphatic carbocycles. The van der Waals surface area contributed by atoms with E-state index in [9.17, 15) is 13.2 Å². The Hall–Kier alpha value is -2.42. The van der Waals surface area contributed by atoms with Crippen LogP contribution in [0, 0.1) is 0 Å². The molecule has 3 rings (SSSR count). The zero-order chi connectivity index (χ0) is 21.7. The van der Waals surface area contributed by atoms with Crippen molar-refractivity contribution in [1.82, 2.24) is 9.62 Å². The number of nitrogens with zero attached hydrogens (tertiary/aromatic N) is 1. The van der Waals surface area contributed by atoms with Crippen molar-refractivity contribution < 1.29 is 22.7 Å². The maximum Gasteiger partial charge on any atom is 0.257 e. The number of morpholine rings is 1. The van der Waals surface area contributed by atoms with Gasteiger partial charge in [-0.3, -0.25) is 4.79 Å². The summed E-state index contributed by atoms with van der Waals surface area (Å²) in [7, 11) is -2.38. The second kappa shape index (κ2) is 9.59. The smallest absolute Gasteiger partial charge is 0.257 e. The van der Waals surface area contributed by atoms with Crippen LogP contribution in [0.2, 0.25) is 0 Å². The Morgan fingerprint density at radius 2 is 1.83 bits per heavy atom. The molecule has 162 valence electrons. The standard InChI is InChI=1S/C22H28N2O5S/c1-4-17-5-7-18(8-6-17)16(2)23-30(26,27)19-9-10-21(28-3)20(15-19)22(25)24-11-13-29-14-12-24/h5-10,15-16,23H,4,11-14H2,1-3H3/t16-/m0/s1. The van der Waals surface area contributed by atoms with Gasteiger partial charge in [-0.25, -0.2) is 13.1 Å². The van der Waals surface area contributed by atoms with E-state index in [0.29, 0.717) is 32.1 Å². The highest BCUT2D eigenvalue weighted by Crippen LogP contribution is 2.26. The molecule has 0 saturated carbocycles. The van der Waals surface area contributed by atoms with E-state index in [2.05, 4.69) is 11.6 Å². The van der Waals surface area contributed by atoms with Crippen LogP contribution in [0.4, 0.5) is 0 Å². The van der Waals surface area contributed by atoms with Gasteiger partial charge in [0.2, 0.25) is 10.0 Å². The average molecular weight is 433 g/mol. The Morgan fingerprint density at radius 1 is 1.17 bits per heavy atom. The van der Waals surface area contributed by atoms with Gasteiger partial charge in [-0.1, -0.05) is 31.2 Å². The summed E-state index contributed by atoms with van der Waals surface area (Å²) in [4.78, 5) is 14.6. The molecule has 0 radical (unpaired) electrons. The number of ether oxygens (including phenoxy) is 2. The van der Waals surface area contributed by atoms with E-state index < -0.39 is 16.1 Å². The fraction of sp³-hybridized carbons (Fsp3) is 0.409. The number of amides is 1. The van der Waals surface area contributed by atoms with Crippen molar-refractivity contribution in [2.75, 3.05) is 33.4 Å². The van der Waals surface area contributed by atoms with Gasteiger partial charge in [-0.05, 0) is 42.7 Å². The summed E-state index contributed by atoms with van der Waals surface area (Å²) in [6, 6.07) is 11.8. The summed E-state index contributed by atoms with van der Waals surface area (Å²) in [5, 5.41) is 0. The highest BCUT2D eigenvalue weighted by molar-refractivity contribution is 7.89. The predicted octanol–water partition coefficient (Wildman–Crippen LogP) is 2.77. The first-order valence-corrected chi connectivity index (χ1v) is 11.5. The molecule has 1 heterocycles. The fourth-order valence-electron chi connectivity index (χ4n) is 3.37. The summed E-state index contributed by atoms with van der Waals surface area (Å²) in [5.41, 5.74) is 2.28. The van der Waals surface area contributed by atoms with Crippen LogP contribution in [0.3, 0.4) is 0 Å². The number of benzene rings is 2. The summed E-state index contributed by atoms with van der Waals surface area (Å²) < 4.78 is 39.3. The minimum Gasteiger partial charge on any atom is -0.496 e. The lowest BCUT2D eigenvalue weighted by Crippen LogP contribution is -2.40. The van der Waals surface area contributed by atoms with Crippen LogP contribution in [0.1, 0.15) is 41.4 Å². The molecule has 1 aliphatic heterocycles. The number of hydrogen-bond donors (Lipinski definition) is 1. The third-order valence-corrected chi connectivity index (χ3v) is 6.77. The van der Waals surface area contributed by atoms with Crippen molar-refractivity contribution >= 4 is 15.9 Å². The van der Waals surface area contributed by atoms with Crippen LogP contribution in [-0.2, 0) is 21.2 Å². The molecule has 0 aromatic heterocycles. The number of carbonyl (C=O) groups excluding carboxylic acids is 1. The second-order valence-electron chi connectivity index (χ2n) is 7.20. The minimum absolute atomic E-state index is 0.0249. The molecular formula is C22H28N2O5S. The van der Waals surface area contributed by atoms with Crippen LogP contribution in [-0.4, -0.2) is 52.6 Å². The number of sulfonamides is 1. The fourth-order valence-corrected chi connectivity index (χ4v) is 4.63. The molecule has 1 atom stereocenters. The molecule has 2 aromatic rings. The lowest BCUT2D eigenvalue weighted by molar-refractivity contribution is 0.0300. The quantitative estimate of drug-likeness (QED) is 0.727. The van der Waals surface area contributed by atoms with Crippen molar-refractivity contribution in [2.24, 2.45) is 0 Å². The lowest BCUT2D eigenvalue weighted by atomic mass is 10.1. The Balaban J connectivity index is 1.84. The molecular weight excluding hydrogens is 404 g/mol. The van der Waals surface area contributed by atoms with Crippen LogP contribution in [0.15, 0.2) is 47.4 Å². The topological polar surface area (TPSA) is 84.9 Å². The van der Waals surface area contributed by atoms with Gasteiger partial charge in [0.15, 0.2) is 0 Å². The summed E-state index contributed by atoms with van der Waals surface area (Å²) in [5.74, 6) is 0.0732. The summed E-state index contributed by atoms with van der Waals surface area (Å²) >= 11 is 0. The van der Waals surface area contributed by atoms with Crippen molar-refractivity contribution in [3.05, 3.63) is 59.2 Å². The van der Waals surface area contributed by atoms with Gasteiger partial charge in [-0.2, -0.15) is 0 Å². The highest BCUT2D eigenvalue weighted by atomic mass is 32.2. The van der Waals surface area contributed by atoms with Gasteiger partial charge >= 0.3 is 0 Å². The van der Waals surface area contributed by atoms with E-state index in [-0.39, 0.29) is 16.4 Å². The van der Waals surface area contributed by atoms with Crippen LogP contribution in [0.25, 0.3) is 0 Å². The molecule has 0 spiro atoms. The normalized spacial score (nSPS) is 15.6. The molecule has 1 fully saturated rings. The first-order chi connectivity index (χ1) is 14.4. The molecule has 1 amide bonds. The Morgan fingerprint density at radius 3 is 2.43 bits per heavy atom. The van der Waals surface area contributed by atoms with E-state index >= 15 is 0 Å². The molecule has 1 N–H and O–H groups in total. The second-order valence-corrected chi connectivity index (χ2v) is 8.92. The monoisotopic (exact) mass is 432 g/mol. The third-order valence-electron chi connectivity index (χ3n) is 5.23. The molecule has 7 nitrogen and oxygen atoms in total. The SMILES string of the molecule is CCc1ccc([C@H](C)NS(=O)(=O)c2ccc(OC)c(C(=O)N3CCOCC3)c2)cc1. The van der Waals surface area contributed by atoms with Gasteiger partial charge in [0.25, 0.3) is 5.91 Å². The maximum absolute atomic E-state index is 13.0. The van der Waals surface area contributed by atoms with E-state index in [1.165, 1.54) is 30.9 Å². The molecule has 1 aliphatic rings. The molecule has 1 saturated heterocycles. The lowest BCUT2D eigenvalue weighted by Gasteiger charge is -2.27. The first kappa shape index (κ1) is 22.3. The minimum atomic E-state index is -3.84. The van der Waals surface area contributed by atoms with E-state index in [0.717, 1.165) is 12.0 Å². The van der Waals surface area contributed by atoms with E-state index in [1.807, 2.05) is 24.3 Å². The number of nitrogens with one attached hydrogen (secondary N) is 1. The third kappa shape index (κ3) is 5.00. The van der Waals surface area contributed by atoms with Crippen molar-refractivity contribution in [1.29, 1.82) is 0 Å². The molecule has 8 heteroatoms. The van der Waals surface area contributed by atoms with E-state index in [4.69, 9.17) is 9.47 Å². The summed E-state index contributed by atoms with van der Waals surface area (Å²) in [6.45, 7) is 5.70. The number of hydrogen-bond acceptors (Lipinski definition) is 5. The first-order valence-electron chi connectivity index (χ1n) is 10.0. The van der Waals surface area contributed by atoms with E-state index in [1.54, 1.807) is 11.8 Å². The Labute approximate surface area is 178 Å². The largest absolute Gasteiger partial charge is 0.496 e. The summed E-state index contributed by atoms with van der Waals surface area (Å²) in [6.07, 6.45) is 0.923. The van der Waals surface area contributed by atoms with Gasteiger partial charge in [0, 0.05) is 19.1 Å². The van der Waals surface area contributed by atoms with Crippen LogP contribution in [0.5, 0.6) is 5.75 Å². The highest BCUT2D eigenvalue weighted by Gasteiger charge is 2.25. The van der Waals surface area contributed by atoms with Crippen molar-refractivity contribution in [3.8, 4) is 5.75 Å². The molecule has 0 unspecified atom stereocenters. The molecule has 0 bridgehead atoms. The number of methoxy groups -OCH3 is 1. The van der Waals surface area contributed by atoms with Gasteiger partial charge in [0.05, 0.1) is 30.8 Å². The molecule has 30 heavy (non-hydrogen) atoms. The van der Waals surface area contributed by atoms with Crippen molar-refractivity contribution in [2.45, 2.75) is 31.2 Å². The average Bonchev–Trinajstić information content (AvgIpc) is 2.78. The number of aryl methyl sites for hydroxylation is 1. The number of rotatable bonds is 7. The van der Waals surface area contributed by atoms with Crippen molar-refractivity contribution in [3.63, 3.8) is 0 Å². The predicted molar refractivity (Wildman–Crippen MR) is 114 cm³/mol. The van der Waals surface area contributed by atoms with Crippen LogP contribution >= 0.6 is 0 Å². The van der Waals surface area contributed by atoms with Crippen LogP contribution < -0.4 is 9.46 Å². The maximum atomic E-state index is 13.0. The molecule has 2 aromatic carbocycles. The van der Waals surface area contributed by atoms with Gasteiger partial charge < -0.3 is 14.4 Å². The Kier molecular flexibility index (Phi) is 7.12. The van der Waals surface area contributed by atoms with Gasteiger partial charge in [-0.15, -0.1) is 0 Å². The number of carbonyl (C=O) groups is 1. The zero-order valence-electron chi connectivity index (χ0n) is 17.6. The Bertz CT molecular complexity index is 983.